The summed E-state index contributed by atoms with van der Waals surface area (Å²) in [7, 11) is -4.04. The van der Waals surface area contributed by atoms with Gasteiger partial charge in [-0.1, -0.05) is 53.0 Å². The minimum atomic E-state index is -4.04. The van der Waals surface area contributed by atoms with Crippen molar-refractivity contribution in [1.82, 2.24) is 0 Å². The van der Waals surface area contributed by atoms with E-state index in [9.17, 15) is 13.2 Å². The van der Waals surface area contributed by atoms with Crippen molar-refractivity contribution in [2.75, 3.05) is 16.2 Å². The van der Waals surface area contributed by atoms with Gasteiger partial charge < -0.3 is 5.32 Å². The minimum absolute atomic E-state index is 0.0625. The Hall–Kier alpha value is -2.06. The lowest BCUT2D eigenvalue weighted by molar-refractivity contribution is -0.114. The highest BCUT2D eigenvalue weighted by atomic mass is 79.9. The van der Waals surface area contributed by atoms with Crippen molar-refractivity contribution < 1.29 is 13.2 Å². The van der Waals surface area contributed by atoms with Crippen LogP contribution in [0.4, 0.5) is 11.4 Å². The second-order valence-corrected chi connectivity index (χ2v) is 9.98. The van der Waals surface area contributed by atoms with Crippen LogP contribution >= 0.6 is 39.1 Å². The molecule has 9 heteroatoms. The summed E-state index contributed by atoms with van der Waals surface area (Å²) >= 11 is 15.6. The number of benzene rings is 3. The number of anilines is 2. The maximum absolute atomic E-state index is 13.3. The molecule has 0 atom stereocenters. The molecule has 5 nitrogen and oxygen atoms in total. The van der Waals surface area contributed by atoms with Crippen molar-refractivity contribution in [2.45, 2.75) is 11.8 Å². The van der Waals surface area contributed by atoms with E-state index in [1.807, 2.05) is 6.92 Å². The largest absolute Gasteiger partial charge is 0.324 e. The lowest BCUT2D eigenvalue weighted by atomic mass is 10.2. The predicted octanol–water partition coefficient (Wildman–Crippen LogP) is 5.90. The number of nitrogens with zero attached hydrogens (tertiary/aromatic N) is 1. The summed E-state index contributed by atoms with van der Waals surface area (Å²) in [5.74, 6) is -0.538. The predicted molar refractivity (Wildman–Crippen MR) is 125 cm³/mol. The highest BCUT2D eigenvalue weighted by molar-refractivity contribution is 9.10. The Bertz CT molecular complexity index is 1190. The summed E-state index contributed by atoms with van der Waals surface area (Å²) in [5.41, 5.74) is 1.58. The number of hydrogen-bond acceptors (Lipinski definition) is 3. The molecule has 0 aliphatic rings. The maximum Gasteiger partial charge on any atom is 0.264 e. The van der Waals surface area contributed by atoms with E-state index in [-0.39, 0.29) is 15.6 Å². The number of rotatable bonds is 6. The van der Waals surface area contributed by atoms with Gasteiger partial charge in [0, 0.05) is 10.2 Å². The van der Waals surface area contributed by atoms with E-state index in [2.05, 4.69) is 21.2 Å². The van der Waals surface area contributed by atoms with Crippen LogP contribution in [0, 0.1) is 6.92 Å². The van der Waals surface area contributed by atoms with Crippen molar-refractivity contribution in [3.8, 4) is 0 Å². The third-order valence-corrected chi connectivity index (χ3v) is 7.55. The van der Waals surface area contributed by atoms with E-state index in [4.69, 9.17) is 23.2 Å². The molecule has 3 aromatic carbocycles. The average molecular weight is 528 g/mol. The van der Waals surface area contributed by atoms with Crippen LogP contribution in [0.2, 0.25) is 10.0 Å². The van der Waals surface area contributed by atoms with E-state index in [1.54, 1.807) is 54.6 Å². The van der Waals surface area contributed by atoms with Gasteiger partial charge in [0.05, 0.1) is 20.6 Å². The summed E-state index contributed by atoms with van der Waals surface area (Å²) < 4.78 is 28.4. The highest BCUT2D eigenvalue weighted by Crippen LogP contribution is 2.31. The zero-order valence-electron chi connectivity index (χ0n) is 15.8. The zero-order chi connectivity index (χ0) is 21.9. The third-order valence-electron chi connectivity index (χ3n) is 4.22. The first-order valence-electron chi connectivity index (χ1n) is 8.77. The minimum Gasteiger partial charge on any atom is -0.324 e. The van der Waals surface area contributed by atoms with Crippen LogP contribution in [-0.2, 0) is 14.8 Å². The van der Waals surface area contributed by atoms with Crippen LogP contribution in [0.5, 0.6) is 0 Å². The SMILES string of the molecule is Cc1ccc(S(=O)(=O)N(CC(=O)Nc2ccc(Br)c(Cl)c2)c2ccccc2Cl)cc1. The standard InChI is InChI=1S/C21H17BrCl2N2O3S/c1-14-6-9-16(10-7-14)30(28,29)26(20-5-3-2-4-18(20)23)13-21(27)25-15-8-11-17(22)19(24)12-15/h2-12H,13H2,1H3,(H,25,27). The Morgan fingerprint density at radius 2 is 1.67 bits per heavy atom. The van der Waals surface area contributed by atoms with E-state index >= 15 is 0 Å². The molecule has 0 heterocycles. The van der Waals surface area contributed by atoms with Crippen molar-refractivity contribution in [2.24, 2.45) is 0 Å². The summed E-state index contributed by atoms with van der Waals surface area (Å²) in [6, 6.07) is 17.8. The number of hydrogen-bond donors (Lipinski definition) is 1. The number of carbonyl (C=O) groups is 1. The first-order valence-corrected chi connectivity index (χ1v) is 11.8. The van der Waals surface area contributed by atoms with E-state index in [0.29, 0.717) is 15.2 Å². The van der Waals surface area contributed by atoms with Gasteiger partial charge in [-0.3, -0.25) is 9.10 Å². The van der Waals surface area contributed by atoms with Gasteiger partial charge in [-0.2, -0.15) is 0 Å². The second-order valence-electron chi connectivity index (χ2n) is 6.45. The Morgan fingerprint density at radius 3 is 2.30 bits per heavy atom. The highest BCUT2D eigenvalue weighted by Gasteiger charge is 2.28. The van der Waals surface area contributed by atoms with Crippen molar-refractivity contribution in [1.29, 1.82) is 0 Å². The zero-order valence-corrected chi connectivity index (χ0v) is 19.7. The molecule has 0 bridgehead atoms. The van der Waals surface area contributed by atoms with Crippen LogP contribution < -0.4 is 9.62 Å². The maximum atomic E-state index is 13.3. The molecular formula is C21H17BrCl2N2O3S. The molecule has 0 aromatic heterocycles. The Balaban J connectivity index is 1.95. The fourth-order valence-corrected chi connectivity index (χ4v) is 4.85. The fourth-order valence-electron chi connectivity index (χ4n) is 2.70. The molecule has 0 aliphatic carbocycles. The summed E-state index contributed by atoms with van der Waals surface area (Å²) in [5, 5.41) is 3.30. The molecule has 30 heavy (non-hydrogen) atoms. The number of carbonyl (C=O) groups excluding carboxylic acids is 1. The molecule has 0 radical (unpaired) electrons. The van der Waals surface area contributed by atoms with Crippen LogP contribution in [0.3, 0.4) is 0 Å². The van der Waals surface area contributed by atoms with Crippen LogP contribution in [0.25, 0.3) is 0 Å². The lowest BCUT2D eigenvalue weighted by Gasteiger charge is -2.25. The summed E-state index contributed by atoms with van der Waals surface area (Å²) in [6.07, 6.45) is 0. The molecule has 0 aliphatic heterocycles. The van der Waals surface area contributed by atoms with Gasteiger partial charge in [0.25, 0.3) is 10.0 Å². The van der Waals surface area contributed by atoms with Gasteiger partial charge in [-0.15, -0.1) is 0 Å². The fraction of sp³-hybridized carbons (Fsp3) is 0.0952. The second kappa shape index (κ2) is 9.39. The van der Waals surface area contributed by atoms with Crippen molar-refractivity contribution >= 4 is 66.4 Å². The summed E-state index contributed by atoms with van der Waals surface area (Å²) in [6.45, 7) is 1.40. The molecule has 0 fully saturated rings. The molecule has 156 valence electrons. The molecule has 3 aromatic rings. The van der Waals surface area contributed by atoms with Crippen LogP contribution in [0.1, 0.15) is 5.56 Å². The molecule has 3 rings (SSSR count). The van der Waals surface area contributed by atoms with Gasteiger partial charge in [-0.05, 0) is 65.3 Å². The van der Waals surface area contributed by atoms with E-state index < -0.39 is 22.5 Å². The number of sulfonamides is 1. The summed E-state index contributed by atoms with van der Waals surface area (Å²) in [4.78, 5) is 12.8. The topological polar surface area (TPSA) is 66.5 Å². The first-order chi connectivity index (χ1) is 14.2. The number of para-hydroxylation sites is 1. The molecule has 0 saturated carbocycles. The normalized spacial score (nSPS) is 11.2. The number of amides is 1. The van der Waals surface area contributed by atoms with Crippen molar-refractivity contribution in [3.63, 3.8) is 0 Å². The van der Waals surface area contributed by atoms with Gasteiger partial charge in [0.15, 0.2) is 0 Å². The molecule has 0 unspecified atom stereocenters. The Kier molecular flexibility index (Phi) is 7.08. The molecule has 0 spiro atoms. The monoisotopic (exact) mass is 526 g/mol. The molecule has 0 saturated heterocycles. The quantitative estimate of drug-likeness (QED) is 0.434. The van der Waals surface area contributed by atoms with E-state index in [1.165, 1.54) is 12.1 Å². The van der Waals surface area contributed by atoms with E-state index in [0.717, 1.165) is 9.87 Å². The molecule has 1 amide bonds. The first kappa shape index (κ1) is 22.6. The Labute approximate surface area is 193 Å². The third kappa shape index (κ3) is 5.16. The van der Waals surface area contributed by atoms with Gasteiger partial charge in [0.1, 0.15) is 6.54 Å². The number of nitrogens with one attached hydrogen (secondary N) is 1. The Morgan fingerprint density at radius 1 is 1.00 bits per heavy atom. The molecule has 1 N–H and O–H groups in total. The van der Waals surface area contributed by atoms with Crippen LogP contribution in [-0.4, -0.2) is 20.9 Å². The van der Waals surface area contributed by atoms with Gasteiger partial charge in [-0.25, -0.2) is 8.42 Å². The number of aryl methyl sites for hydroxylation is 1. The van der Waals surface area contributed by atoms with Gasteiger partial charge >= 0.3 is 0 Å². The smallest absolute Gasteiger partial charge is 0.264 e. The lowest BCUT2D eigenvalue weighted by Crippen LogP contribution is -2.38. The molecular weight excluding hydrogens is 511 g/mol. The number of halogens is 3. The van der Waals surface area contributed by atoms with Gasteiger partial charge in [0.2, 0.25) is 5.91 Å². The van der Waals surface area contributed by atoms with Crippen molar-refractivity contribution in [3.05, 3.63) is 86.8 Å². The van der Waals surface area contributed by atoms with Crippen LogP contribution in [0.15, 0.2) is 76.1 Å². The average Bonchev–Trinajstić information content (AvgIpc) is 2.70.